The highest BCUT2D eigenvalue weighted by atomic mass is 15.0. The summed E-state index contributed by atoms with van der Waals surface area (Å²) < 4.78 is 0. The maximum Gasteiger partial charge on any atom is -0.00248 e. The summed E-state index contributed by atoms with van der Waals surface area (Å²) in [5.74, 6) is 0. The molecule has 0 fully saturated rings. The van der Waals surface area contributed by atoms with E-state index in [1.54, 1.807) is 0 Å². The summed E-state index contributed by atoms with van der Waals surface area (Å²) in [4.78, 5) is 2.30. The third-order valence-electron chi connectivity index (χ3n) is 5.11. The first kappa shape index (κ1) is 24.0. The van der Waals surface area contributed by atoms with Crippen molar-refractivity contribution in [2.75, 3.05) is 20.6 Å². The monoisotopic (exact) mass is 338 g/mol. The molecule has 0 aromatic heterocycles. The van der Waals surface area contributed by atoms with Gasteiger partial charge in [0, 0.05) is 0 Å². The maximum atomic E-state index is 3.90. The van der Waals surface area contributed by atoms with Crippen molar-refractivity contribution >= 4 is 0 Å². The molecule has 145 valence electrons. The van der Waals surface area contributed by atoms with Gasteiger partial charge >= 0.3 is 0 Å². The molecule has 0 saturated carbocycles. The molecule has 0 bridgehead atoms. The molecule has 0 aliphatic carbocycles. The molecule has 1 nitrogen and oxygen atoms in total. The zero-order chi connectivity index (χ0) is 17.7. The lowest BCUT2D eigenvalue weighted by atomic mass is 10.0. The van der Waals surface area contributed by atoms with Crippen molar-refractivity contribution in [1.29, 1.82) is 0 Å². The second kappa shape index (κ2) is 21.0. The summed E-state index contributed by atoms with van der Waals surface area (Å²) in [6.45, 7) is 5.16. The van der Waals surface area contributed by atoms with Crippen LogP contribution < -0.4 is 0 Å². The summed E-state index contributed by atoms with van der Waals surface area (Å²) in [6.07, 6.45) is 27.2. The molecule has 0 aromatic rings. The summed E-state index contributed by atoms with van der Waals surface area (Å²) in [5.41, 5.74) is 0. The Morgan fingerprint density at radius 2 is 0.667 bits per heavy atom. The minimum Gasteiger partial charge on any atom is -0.309 e. The molecule has 0 unspecified atom stereocenters. The highest BCUT2D eigenvalue weighted by Gasteiger charge is 1.95. The molecule has 0 rings (SSSR count). The molecule has 0 spiro atoms. The van der Waals surface area contributed by atoms with Crippen LogP contribution in [0.1, 0.15) is 122 Å². The van der Waals surface area contributed by atoms with Gasteiger partial charge in [0.25, 0.3) is 0 Å². The van der Waals surface area contributed by atoms with Crippen molar-refractivity contribution in [3.8, 4) is 0 Å². The van der Waals surface area contributed by atoms with E-state index in [1.165, 1.54) is 122 Å². The standard InChI is InChI=1S/C23H48N/c1-4-5-6-7-8-9-10-11-12-13-14-15-16-17-18-19-20-21-22-23-24(2)3/h1,4-23H2,2-3H3. The summed E-state index contributed by atoms with van der Waals surface area (Å²) in [7, 11) is 4.35. The van der Waals surface area contributed by atoms with E-state index < -0.39 is 0 Å². The third kappa shape index (κ3) is 22.0. The Morgan fingerprint density at radius 3 is 0.917 bits per heavy atom. The fourth-order valence-corrected chi connectivity index (χ4v) is 3.43. The third-order valence-corrected chi connectivity index (χ3v) is 5.11. The van der Waals surface area contributed by atoms with Gasteiger partial charge in [-0.2, -0.15) is 0 Å². The van der Waals surface area contributed by atoms with Crippen LogP contribution in [0.4, 0.5) is 0 Å². The van der Waals surface area contributed by atoms with E-state index in [0.29, 0.717) is 0 Å². The van der Waals surface area contributed by atoms with Crippen molar-refractivity contribution in [1.82, 2.24) is 4.90 Å². The topological polar surface area (TPSA) is 3.24 Å². The number of hydrogen-bond donors (Lipinski definition) is 0. The number of rotatable bonds is 20. The van der Waals surface area contributed by atoms with Crippen molar-refractivity contribution < 1.29 is 0 Å². The van der Waals surface area contributed by atoms with Crippen molar-refractivity contribution in [2.24, 2.45) is 0 Å². The minimum atomic E-state index is 1.12. The van der Waals surface area contributed by atoms with Gasteiger partial charge in [0.05, 0.1) is 0 Å². The minimum absolute atomic E-state index is 1.12. The molecule has 0 atom stereocenters. The van der Waals surface area contributed by atoms with Crippen molar-refractivity contribution in [3.05, 3.63) is 6.92 Å². The number of hydrogen-bond acceptors (Lipinski definition) is 1. The Balaban J connectivity index is 2.95. The Morgan fingerprint density at radius 1 is 0.417 bits per heavy atom. The Labute approximate surface area is 155 Å². The van der Waals surface area contributed by atoms with Gasteiger partial charge in [-0.3, -0.25) is 0 Å². The average Bonchev–Trinajstić information content (AvgIpc) is 2.56. The van der Waals surface area contributed by atoms with Gasteiger partial charge < -0.3 is 4.90 Å². The highest BCUT2D eigenvalue weighted by Crippen LogP contribution is 2.14. The summed E-state index contributed by atoms with van der Waals surface area (Å²) in [6, 6.07) is 0. The van der Waals surface area contributed by atoms with Gasteiger partial charge in [-0.05, 0) is 27.1 Å². The summed E-state index contributed by atoms with van der Waals surface area (Å²) in [5, 5.41) is 0. The molecule has 0 saturated heterocycles. The van der Waals surface area contributed by atoms with Crippen LogP contribution in [0.5, 0.6) is 0 Å². The Kier molecular flexibility index (Phi) is 21.0. The molecule has 24 heavy (non-hydrogen) atoms. The van der Waals surface area contributed by atoms with Gasteiger partial charge in [0.15, 0.2) is 0 Å². The van der Waals surface area contributed by atoms with Crippen molar-refractivity contribution in [3.63, 3.8) is 0 Å². The molecule has 0 aliphatic heterocycles. The first-order valence-corrected chi connectivity index (χ1v) is 11.2. The zero-order valence-corrected chi connectivity index (χ0v) is 17.3. The zero-order valence-electron chi connectivity index (χ0n) is 17.3. The molecule has 0 heterocycles. The second-order valence-electron chi connectivity index (χ2n) is 8.02. The van der Waals surface area contributed by atoms with Crippen LogP contribution in [0.3, 0.4) is 0 Å². The van der Waals surface area contributed by atoms with Gasteiger partial charge in [0.1, 0.15) is 0 Å². The molecular formula is C23H48N. The van der Waals surface area contributed by atoms with Gasteiger partial charge in [-0.25, -0.2) is 0 Å². The smallest absolute Gasteiger partial charge is 0.00248 e. The lowest BCUT2D eigenvalue weighted by Crippen LogP contribution is -2.12. The van der Waals surface area contributed by atoms with Crippen molar-refractivity contribution in [2.45, 2.75) is 122 Å². The lowest BCUT2D eigenvalue weighted by molar-refractivity contribution is 0.389. The fraction of sp³-hybridized carbons (Fsp3) is 0.957. The van der Waals surface area contributed by atoms with E-state index in [-0.39, 0.29) is 0 Å². The normalized spacial score (nSPS) is 11.5. The van der Waals surface area contributed by atoms with E-state index in [1.807, 2.05) is 0 Å². The fourth-order valence-electron chi connectivity index (χ4n) is 3.43. The van der Waals surface area contributed by atoms with Crippen LogP contribution in [-0.2, 0) is 0 Å². The molecule has 0 amide bonds. The number of unbranched alkanes of at least 4 members (excludes halogenated alkanes) is 18. The molecule has 0 aromatic carbocycles. The van der Waals surface area contributed by atoms with Gasteiger partial charge in [0.2, 0.25) is 0 Å². The van der Waals surface area contributed by atoms with Gasteiger partial charge in [-0.15, -0.1) is 0 Å². The highest BCUT2D eigenvalue weighted by molar-refractivity contribution is 4.51. The Bertz CT molecular complexity index is 212. The average molecular weight is 339 g/mol. The van der Waals surface area contributed by atoms with E-state index >= 15 is 0 Å². The lowest BCUT2D eigenvalue weighted by Gasteiger charge is -2.08. The predicted octanol–water partition coefficient (Wildman–Crippen LogP) is 7.79. The van der Waals surface area contributed by atoms with Crippen LogP contribution in [0, 0.1) is 6.92 Å². The van der Waals surface area contributed by atoms with Crippen LogP contribution in [-0.4, -0.2) is 25.5 Å². The maximum absolute atomic E-state index is 3.90. The number of nitrogens with zero attached hydrogens (tertiary/aromatic N) is 1. The first-order chi connectivity index (χ1) is 11.8. The molecular weight excluding hydrogens is 290 g/mol. The Hall–Kier alpha value is -0.0400. The van der Waals surface area contributed by atoms with E-state index in [9.17, 15) is 0 Å². The first-order valence-electron chi connectivity index (χ1n) is 11.2. The molecule has 1 radical (unpaired) electrons. The molecule has 0 N–H and O–H groups in total. The largest absolute Gasteiger partial charge is 0.309 e. The van der Waals surface area contributed by atoms with Crippen LogP contribution >= 0.6 is 0 Å². The summed E-state index contributed by atoms with van der Waals surface area (Å²) >= 11 is 0. The van der Waals surface area contributed by atoms with Gasteiger partial charge in [-0.1, -0.05) is 122 Å². The predicted molar refractivity (Wildman–Crippen MR) is 112 cm³/mol. The van der Waals surface area contributed by atoms with E-state index in [0.717, 1.165) is 6.42 Å². The quantitative estimate of drug-likeness (QED) is 0.205. The van der Waals surface area contributed by atoms with Crippen LogP contribution in [0.2, 0.25) is 0 Å². The van der Waals surface area contributed by atoms with E-state index in [4.69, 9.17) is 0 Å². The van der Waals surface area contributed by atoms with Crippen LogP contribution in [0.25, 0.3) is 0 Å². The van der Waals surface area contributed by atoms with E-state index in [2.05, 4.69) is 25.9 Å². The second-order valence-corrected chi connectivity index (χ2v) is 8.02. The molecule has 0 aliphatic rings. The van der Waals surface area contributed by atoms with Crippen LogP contribution in [0.15, 0.2) is 0 Å². The molecule has 1 heteroatoms. The SMILES string of the molecule is [CH2]CCCCCCCCCCCCCCCCCCCCN(C)C.